The van der Waals surface area contributed by atoms with Crippen molar-refractivity contribution in [3.63, 3.8) is 0 Å². The van der Waals surface area contributed by atoms with Gasteiger partial charge in [-0.15, -0.1) is 0 Å². The van der Waals surface area contributed by atoms with E-state index in [2.05, 4.69) is 6.92 Å². The molecule has 2 aromatic carbocycles. The summed E-state index contributed by atoms with van der Waals surface area (Å²) in [5.41, 5.74) is 1.86. The molecule has 0 radical (unpaired) electrons. The van der Waals surface area contributed by atoms with Gasteiger partial charge in [-0.05, 0) is 60.8 Å². The lowest BCUT2D eigenvalue weighted by molar-refractivity contribution is 0.319. The van der Waals surface area contributed by atoms with Crippen LogP contribution in [0.3, 0.4) is 0 Å². The minimum absolute atomic E-state index is 0.202. The molecule has 1 fully saturated rings. The molecule has 2 aromatic rings. The molecule has 0 saturated heterocycles. The molecular weight excluding hydrogens is 304 g/mol. The molecule has 0 N–H and O–H groups in total. The minimum Gasteiger partial charge on any atom is -0.203 e. The summed E-state index contributed by atoms with van der Waals surface area (Å²) in [4.78, 5) is 0. The Labute approximate surface area is 141 Å². The highest BCUT2D eigenvalue weighted by molar-refractivity contribution is 5.65. The summed E-state index contributed by atoms with van der Waals surface area (Å²) in [6, 6.07) is 12.2. The summed E-state index contributed by atoms with van der Waals surface area (Å²) in [6.07, 6.45) is 6.22. The van der Waals surface area contributed by atoms with Crippen LogP contribution in [0.1, 0.15) is 56.1 Å². The van der Waals surface area contributed by atoms with Crippen LogP contribution < -0.4 is 0 Å². The number of nitrogens with zero attached hydrogens (tertiary/aromatic N) is 1. The van der Waals surface area contributed by atoms with Crippen LogP contribution in [-0.4, -0.2) is 0 Å². The lowest BCUT2D eigenvalue weighted by Crippen LogP contribution is -2.12. The molecule has 0 heterocycles. The predicted molar refractivity (Wildman–Crippen MR) is 91.5 cm³/mol. The smallest absolute Gasteiger partial charge is 0.177 e. The average Bonchev–Trinajstić information content (AvgIpc) is 2.64. The number of hydrogen-bond acceptors (Lipinski definition) is 1. The summed E-state index contributed by atoms with van der Waals surface area (Å²) < 4.78 is 27.9. The van der Waals surface area contributed by atoms with Gasteiger partial charge in [-0.1, -0.05) is 37.6 Å². The molecule has 1 aliphatic rings. The van der Waals surface area contributed by atoms with Crippen molar-refractivity contribution in [1.82, 2.24) is 0 Å². The van der Waals surface area contributed by atoms with Crippen LogP contribution in [0.5, 0.6) is 0 Å². The van der Waals surface area contributed by atoms with Gasteiger partial charge in [0.25, 0.3) is 0 Å². The van der Waals surface area contributed by atoms with E-state index in [1.807, 2.05) is 24.3 Å². The number of rotatable bonds is 3. The normalized spacial score (nSPS) is 20.6. The molecule has 0 atom stereocenters. The van der Waals surface area contributed by atoms with Crippen molar-refractivity contribution in [2.75, 3.05) is 0 Å². The third kappa shape index (κ3) is 3.19. The van der Waals surface area contributed by atoms with Gasteiger partial charge in [0.05, 0.1) is 5.56 Å². The van der Waals surface area contributed by atoms with Gasteiger partial charge < -0.3 is 0 Å². The summed E-state index contributed by atoms with van der Waals surface area (Å²) in [6.45, 7) is 2.26. The second kappa shape index (κ2) is 7.13. The first kappa shape index (κ1) is 16.6. The van der Waals surface area contributed by atoms with E-state index in [1.54, 1.807) is 6.07 Å². The third-order valence-corrected chi connectivity index (χ3v) is 5.32. The first-order chi connectivity index (χ1) is 11.6. The van der Waals surface area contributed by atoms with E-state index >= 15 is 0 Å². The standard InChI is InChI=1S/C21H21F2N/c1-2-14-3-5-15(6-4-14)16-7-9-17(10-8-16)19-12-11-18(13-24)20(22)21(19)23/h7-12,14-15H,2-6H2,1H3/t14-,15-. The van der Waals surface area contributed by atoms with E-state index in [1.165, 1.54) is 49.8 Å². The zero-order chi connectivity index (χ0) is 17.1. The zero-order valence-corrected chi connectivity index (χ0v) is 13.9. The summed E-state index contributed by atoms with van der Waals surface area (Å²) in [5, 5.41) is 8.76. The van der Waals surface area contributed by atoms with Crippen LogP contribution in [-0.2, 0) is 0 Å². The van der Waals surface area contributed by atoms with Gasteiger partial charge in [0, 0.05) is 5.56 Å². The lowest BCUT2D eigenvalue weighted by Gasteiger charge is -2.28. The number of hydrogen-bond donors (Lipinski definition) is 0. The second-order valence-corrected chi connectivity index (χ2v) is 6.65. The fraction of sp³-hybridized carbons (Fsp3) is 0.381. The Morgan fingerprint density at radius 1 is 0.958 bits per heavy atom. The molecule has 0 spiro atoms. The van der Waals surface area contributed by atoms with Gasteiger partial charge in [0.15, 0.2) is 11.6 Å². The minimum atomic E-state index is -1.07. The Morgan fingerprint density at radius 2 is 1.62 bits per heavy atom. The van der Waals surface area contributed by atoms with Crippen molar-refractivity contribution in [1.29, 1.82) is 5.26 Å². The SMILES string of the molecule is CC[C@H]1CC[C@H](c2ccc(-c3ccc(C#N)c(F)c3F)cc2)CC1. The second-order valence-electron chi connectivity index (χ2n) is 6.65. The Kier molecular flexibility index (Phi) is 4.94. The molecular formula is C21H21F2N. The van der Waals surface area contributed by atoms with Crippen LogP contribution in [0.15, 0.2) is 36.4 Å². The number of halogens is 2. The van der Waals surface area contributed by atoms with Gasteiger partial charge in [-0.2, -0.15) is 5.26 Å². The van der Waals surface area contributed by atoms with Crippen LogP contribution >= 0.6 is 0 Å². The van der Waals surface area contributed by atoms with Gasteiger partial charge in [0.1, 0.15) is 6.07 Å². The fourth-order valence-electron chi connectivity index (χ4n) is 3.70. The maximum Gasteiger partial charge on any atom is 0.177 e. The Bertz CT molecular complexity index is 751. The van der Waals surface area contributed by atoms with Crippen LogP contribution in [0.25, 0.3) is 11.1 Å². The van der Waals surface area contributed by atoms with Crippen LogP contribution in [0, 0.1) is 28.9 Å². The summed E-state index contributed by atoms with van der Waals surface area (Å²) in [7, 11) is 0. The fourth-order valence-corrected chi connectivity index (χ4v) is 3.70. The Hall–Kier alpha value is -2.21. The Morgan fingerprint density at radius 3 is 2.21 bits per heavy atom. The van der Waals surface area contributed by atoms with Crippen molar-refractivity contribution in [3.8, 4) is 17.2 Å². The van der Waals surface area contributed by atoms with Crippen molar-refractivity contribution in [2.24, 2.45) is 5.92 Å². The van der Waals surface area contributed by atoms with Gasteiger partial charge in [-0.25, -0.2) is 8.78 Å². The first-order valence-corrected chi connectivity index (χ1v) is 8.62. The highest BCUT2D eigenvalue weighted by atomic mass is 19.2. The van der Waals surface area contributed by atoms with E-state index in [4.69, 9.17) is 5.26 Å². The maximum atomic E-state index is 14.1. The molecule has 3 rings (SSSR count). The number of nitriles is 1. The molecule has 0 aromatic heterocycles. The average molecular weight is 325 g/mol. The third-order valence-electron chi connectivity index (χ3n) is 5.32. The molecule has 0 aliphatic heterocycles. The zero-order valence-electron chi connectivity index (χ0n) is 13.9. The van der Waals surface area contributed by atoms with Crippen molar-refractivity contribution >= 4 is 0 Å². The highest BCUT2D eigenvalue weighted by Crippen LogP contribution is 2.37. The number of benzene rings is 2. The van der Waals surface area contributed by atoms with Crippen LogP contribution in [0.4, 0.5) is 8.78 Å². The van der Waals surface area contributed by atoms with E-state index in [9.17, 15) is 8.78 Å². The molecule has 0 amide bonds. The predicted octanol–water partition coefficient (Wildman–Crippen LogP) is 6.19. The van der Waals surface area contributed by atoms with Gasteiger partial charge in [0.2, 0.25) is 0 Å². The molecule has 3 heteroatoms. The van der Waals surface area contributed by atoms with Crippen LogP contribution in [0.2, 0.25) is 0 Å². The Balaban J connectivity index is 1.81. The first-order valence-electron chi connectivity index (χ1n) is 8.62. The topological polar surface area (TPSA) is 23.8 Å². The molecule has 1 aliphatic carbocycles. The van der Waals surface area contributed by atoms with Crippen molar-refractivity contribution in [2.45, 2.75) is 44.9 Å². The molecule has 0 bridgehead atoms. The molecule has 24 heavy (non-hydrogen) atoms. The maximum absolute atomic E-state index is 14.1. The molecule has 0 unspecified atom stereocenters. The highest BCUT2D eigenvalue weighted by Gasteiger charge is 2.21. The summed E-state index contributed by atoms with van der Waals surface area (Å²) in [5.74, 6) is -0.595. The van der Waals surface area contributed by atoms with Gasteiger partial charge >= 0.3 is 0 Å². The molecule has 1 saturated carbocycles. The van der Waals surface area contributed by atoms with E-state index in [0.29, 0.717) is 11.5 Å². The van der Waals surface area contributed by atoms with E-state index in [0.717, 1.165) is 5.92 Å². The molecule has 1 nitrogen and oxygen atoms in total. The van der Waals surface area contributed by atoms with E-state index in [-0.39, 0.29) is 11.1 Å². The van der Waals surface area contributed by atoms with E-state index < -0.39 is 11.6 Å². The van der Waals surface area contributed by atoms with Gasteiger partial charge in [-0.3, -0.25) is 0 Å². The van der Waals surface area contributed by atoms with Crippen molar-refractivity contribution in [3.05, 3.63) is 59.2 Å². The van der Waals surface area contributed by atoms with Crippen molar-refractivity contribution < 1.29 is 8.78 Å². The monoisotopic (exact) mass is 325 g/mol. The largest absolute Gasteiger partial charge is 0.203 e. The lowest BCUT2D eigenvalue weighted by atomic mass is 9.77. The summed E-state index contributed by atoms with van der Waals surface area (Å²) >= 11 is 0. The quantitative estimate of drug-likeness (QED) is 0.660. The molecule has 124 valence electrons.